The van der Waals surface area contributed by atoms with Crippen LogP contribution in [-0.4, -0.2) is 26.7 Å². The lowest BCUT2D eigenvalue weighted by Gasteiger charge is -2.28. The summed E-state index contributed by atoms with van der Waals surface area (Å²) in [7, 11) is 0. The standard InChI is InChI=1S/C20H17F2N3O2/c1-12-3-2-5-25-19(12)23-17-4-6-24(11-16(17)20(25)27)18(26)9-13-7-14(21)10-15(22)8-13/h2-3,5,7-8,10H,4,6,9,11H2,1H3. The van der Waals surface area contributed by atoms with E-state index in [1.54, 1.807) is 12.3 Å². The number of aromatic nitrogens is 2. The molecule has 1 aromatic carbocycles. The molecular formula is C20H17F2N3O2. The van der Waals surface area contributed by atoms with Gasteiger partial charge in [-0.15, -0.1) is 0 Å². The molecule has 7 heteroatoms. The summed E-state index contributed by atoms with van der Waals surface area (Å²) in [6.07, 6.45) is 2.01. The first-order valence-electron chi connectivity index (χ1n) is 8.65. The molecule has 0 unspecified atom stereocenters. The Balaban J connectivity index is 1.63. The molecule has 0 saturated carbocycles. The molecule has 3 aromatic rings. The Kier molecular flexibility index (Phi) is 4.22. The minimum Gasteiger partial charge on any atom is -0.337 e. The Morgan fingerprint density at radius 3 is 2.70 bits per heavy atom. The number of rotatable bonds is 2. The molecule has 0 atom stereocenters. The molecule has 0 N–H and O–H groups in total. The van der Waals surface area contributed by atoms with Crippen LogP contribution in [0.25, 0.3) is 5.65 Å². The van der Waals surface area contributed by atoms with E-state index in [-0.39, 0.29) is 30.0 Å². The third-order valence-electron chi connectivity index (χ3n) is 4.83. The van der Waals surface area contributed by atoms with Gasteiger partial charge in [-0.3, -0.25) is 14.0 Å². The van der Waals surface area contributed by atoms with E-state index in [4.69, 9.17) is 0 Å². The maximum atomic E-state index is 13.3. The van der Waals surface area contributed by atoms with Crippen molar-refractivity contribution in [1.82, 2.24) is 14.3 Å². The molecule has 4 rings (SSSR count). The molecule has 1 amide bonds. The van der Waals surface area contributed by atoms with Gasteiger partial charge >= 0.3 is 0 Å². The van der Waals surface area contributed by atoms with Crippen molar-refractivity contribution in [2.24, 2.45) is 0 Å². The van der Waals surface area contributed by atoms with E-state index in [9.17, 15) is 18.4 Å². The molecule has 0 saturated heterocycles. The van der Waals surface area contributed by atoms with Gasteiger partial charge in [-0.2, -0.15) is 0 Å². The zero-order valence-electron chi connectivity index (χ0n) is 14.7. The van der Waals surface area contributed by atoms with Crippen LogP contribution in [0.5, 0.6) is 0 Å². The van der Waals surface area contributed by atoms with Crippen molar-refractivity contribution in [3.8, 4) is 0 Å². The van der Waals surface area contributed by atoms with E-state index in [1.807, 2.05) is 13.0 Å². The van der Waals surface area contributed by atoms with Crippen LogP contribution >= 0.6 is 0 Å². The third kappa shape index (κ3) is 3.20. The second-order valence-corrected chi connectivity index (χ2v) is 6.75. The SMILES string of the molecule is Cc1cccn2c(=O)c3c(nc12)CCN(C(=O)Cc1cc(F)cc(F)c1)C3. The van der Waals surface area contributed by atoms with E-state index in [1.165, 1.54) is 9.30 Å². The molecule has 3 heterocycles. The highest BCUT2D eigenvalue weighted by atomic mass is 19.1. The maximum absolute atomic E-state index is 13.3. The fraction of sp³-hybridized carbons (Fsp3) is 0.250. The molecule has 0 aliphatic carbocycles. The summed E-state index contributed by atoms with van der Waals surface area (Å²) in [5.41, 5.74) is 2.80. The molecule has 138 valence electrons. The van der Waals surface area contributed by atoms with E-state index in [0.29, 0.717) is 29.9 Å². The Morgan fingerprint density at radius 2 is 1.96 bits per heavy atom. The van der Waals surface area contributed by atoms with E-state index >= 15 is 0 Å². The molecule has 0 radical (unpaired) electrons. The second kappa shape index (κ2) is 6.57. The Labute approximate surface area is 153 Å². The fourth-order valence-corrected chi connectivity index (χ4v) is 3.47. The monoisotopic (exact) mass is 369 g/mol. The molecule has 0 spiro atoms. The normalized spacial score (nSPS) is 13.7. The predicted molar refractivity (Wildman–Crippen MR) is 95.4 cm³/mol. The number of hydrogen-bond acceptors (Lipinski definition) is 3. The Bertz CT molecular complexity index is 1100. The lowest BCUT2D eigenvalue weighted by molar-refractivity contribution is -0.131. The van der Waals surface area contributed by atoms with Crippen molar-refractivity contribution in [3.05, 3.63) is 80.9 Å². The summed E-state index contributed by atoms with van der Waals surface area (Å²) in [6, 6.07) is 6.73. The minimum absolute atomic E-state index is 0.120. The lowest BCUT2D eigenvalue weighted by Crippen LogP contribution is -2.41. The first kappa shape index (κ1) is 17.3. The summed E-state index contributed by atoms with van der Waals surface area (Å²) in [6.45, 7) is 2.46. The summed E-state index contributed by atoms with van der Waals surface area (Å²) < 4.78 is 28.2. The van der Waals surface area contributed by atoms with Crippen LogP contribution in [0.4, 0.5) is 8.78 Å². The van der Waals surface area contributed by atoms with Crippen molar-refractivity contribution in [3.63, 3.8) is 0 Å². The van der Waals surface area contributed by atoms with Gasteiger partial charge in [0.25, 0.3) is 5.56 Å². The summed E-state index contributed by atoms with van der Waals surface area (Å²) in [5, 5.41) is 0. The van der Waals surface area contributed by atoms with Crippen LogP contribution in [0.15, 0.2) is 41.3 Å². The van der Waals surface area contributed by atoms with E-state index in [2.05, 4.69) is 4.98 Å². The zero-order chi connectivity index (χ0) is 19.1. The molecule has 27 heavy (non-hydrogen) atoms. The highest BCUT2D eigenvalue weighted by Crippen LogP contribution is 2.18. The van der Waals surface area contributed by atoms with Gasteiger partial charge < -0.3 is 4.90 Å². The molecule has 0 bridgehead atoms. The first-order chi connectivity index (χ1) is 12.9. The fourth-order valence-electron chi connectivity index (χ4n) is 3.47. The van der Waals surface area contributed by atoms with Crippen LogP contribution in [0.2, 0.25) is 0 Å². The van der Waals surface area contributed by atoms with Gasteiger partial charge in [0.1, 0.15) is 17.3 Å². The Hall–Kier alpha value is -3.09. The van der Waals surface area contributed by atoms with Gasteiger partial charge in [-0.05, 0) is 36.2 Å². The number of halogens is 2. The van der Waals surface area contributed by atoms with Crippen LogP contribution in [0.3, 0.4) is 0 Å². The Morgan fingerprint density at radius 1 is 1.22 bits per heavy atom. The number of aryl methyl sites for hydroxylation is 1. The summed E-state index contributed by atoms with van der Waals surface area (Å²) in [4.78, 5) is 31.5. The number of benzene rings is 1. The van der Waals surface area contributed by atoms with E-state index < -0.39 is 11.6 Å². The number of carbonyl (C=O) groups excluding carboxylic acids is 1. The number of hydrogen-bond donors (Lipinski definition) is 0. The first-order valence-corrected chi connectivity index (χ1v) is 8.65. The molecule has 1 aliphatic rings. The molecule has 0 fully saturated rings. The van der Waals surface area contributed by atoms with Gasteiger partial charge in [0.15, 0.2) is 0 Å². The minimum atomic E-state index is -0.717. The molecule has 2 aromatic heterocycles. The topological polar surface area (TPSA) is 54.7 Å². The van der Waals surface area contributed by atoms with Gasteiger partial charge in [0, 0.05) is 25.2 Å². The van der Waals surface area contributed by atoms with Crippen molar-refractivity contribution in [1.29, 1.82) is 0 Å². The highest BCUT2D eigenvalue weighted by Gasteiger charge is 2.25. The third-order valence-corrected chi connectivity index (χ3v) is 4.83. The lowest BCUT2D eigenvalue weighted by atomic mass is 10.0. The number of fused-ring (bicyclic) bond motifs is 2. The number of carbonyl (C=O) groups is 1. The quantitative estimate of drug-likeness (QED) is 0.697. The molecular weight excluding hydrogens is 352 g/mol. The number of nitrogens with zero attached hydrogens (tertiary/aromatic N) is 3. The zero-order valence-corrected chi connectivity index (χ0v) is 14.7. The molecule has 5 nitrogen and oxygen atoms in total. The van der Waals surface area contributed by atoms with Crippen LogP contribution in [0.1, 0.15) is 22.4 Å². The second-order valence-electron chi connectivity index (χ2n) is 6.75. The van der Waals surface area contributed by atoms with Gasteiger partial charge in [-0.1, -0.05) is 6.07 Å². The van der Waals surface area contributed by atoms with Gasteiger partial charge in [0.2, 0.25) is 5.91 Å². The molecule has 1 aliphatic heterocycles. The number of amides is 1. The highest BCUT2D eigenvalue weighted by molar-refractivity contribution is 5.79. The summed E-state index contributed by atoms with van der Waals surface area (Å²) >= 11 is 0. The predicted octanol–water partition coefficient (Wildman–Crippen LogP) is 2.41. The van der Waals surface area contributed by atoms with Gasteiger partial charge in [0.05, 0.1) is 24.2 Å². The van der Waals surface area contributed by atoms with Crippen molar-refractivity contribution < 1.29 is 13.6 Å². The number of pyridine rings is 1. The van der Waals surface area contributed by atoms with Crippen molar-refractivity contribution in [2.45, 2.75) is 26.3 Å². The van der Waals surface area contributed by atoms with Crippen LogP contribution in [-0.2, 0) is 24.2 Å². The average molecular weight is 369 g/mol. The largest absolute Gasteiger partial charge is 0.337 e. The smallest absolute Gasteiger partial charge is 0.263 e. The summed E-state index contributed by atoms with van der Waals surface area (Å²) in [5.74, 6) is -1.71. The van der Waals surface area contributed by atoms with Gasteiger partial charge in [-0.25, -0.2) is 13.8 Å². The van der Waals surface area contributed by atoms with Crippen molar-refractivity contribution >= 4 is 11.6 Å². The maximum Gasteiger partial charge on any atom is 0.263 e. The van der Waals surface area contributed by atoms with Crippen molar-refractivity contribution in [2.75, 3.05) is 6.54 Å². The van der Waals surface area contributed by atoms with Crippen LogP contribution < -0.4 is 5.56 Å². The van der Waals surface area contributed by atoms with E-state index in [0.717, 1.165) is 23.8 Å². The van der Waals surface area contributed by atoms with Crippen LogP contribution in [0, 0.1) is 18.6 Å². The average Bonchev–Trinajstić information content (AvgIpc) is 2.62.